The van der Waals surface area contributed by atoms with Gasteiger partial charge in [0.15, 0.2) is 0 Å². The van der Waals surface area contributed by atoms with Crippen LogP contribution in [0.4, 0.5) is 16.2 Å². The van der Waals surface area contributed by atoms with E-state index in [1.807, 2.05) is 41.8 Å². The lowest BCUT2D eigenvalue weighted by molar-refractivity contribution is -0.134. The number of carbonyl (C=O) groups excluding carboxylic acids is 4. The quantitative estimate of drug-likeness (QED) is 0.358. The normalized spacial score (nSPS) is 18.0. The standard InChI is InChI=1S/C32H35N5O5S/c1-20(38)36-17-5-7-26(36)28(39)33-24-15-11-22(12-16-24)30-35-25(19-43-30)21-9-13-23(14-10-21)34-29(40)27-8-6-18-37(27)31(41)42-32(2,3)4/h6,8-16,19,26-27H,5,7,17-18H2,1-4H3,(H,33,39)(H,34,40)/t26-,27-/m0/s1. The van der Waals surface area contributed by atoms with E-state index in [1.165, 1.54) is 23.2 Å². The summed E-state index contributed by atoms with van der Waals surface area (Å²) in [6.07, 6.45) is 4.44. The largest absolute Gasteiger partial charge is 0.444 e. The summed E-state index contributed by atoms with van der Waals surface area (Å²) in [5, 5.41) is 8.60. The minimum Gasteiger partial charge on any atom is -0.444 e. The summed E-state index contributed by atoms with van der Waals surface area (Å²) in [6, 6.07) is 13.7. The second-order valence-electron chi connectivity index (χ2n) is 11.5. The molecule has 2 aliphatic rings. The van der Waals surface area contributed by atoms with Crippen LogP contribution in [0.5, 0.6) is 0 Å². The molecule has 1 aromatic heterocycles. The number of ether oxygens (including phenoxy) is 1. The number of rotatable bonds is 6. The Kier molecular flexibility index (Phi) is 8.63. The van der Waals surface area contributed by atoms with E-state index in [0.29, 0.717) is 30.9 Å². The zero-order valence-electron chi connectivity index (χ0n) is 24.6. The van der Waals surface area contributed by atoms with Gasteiger partial charge in [-0.15, -0.1) is 11.3 Å². The molecule has 0 aliphatic carbocycles. The summed E-state index contributed by atoms with van der Waals surface area (Å²) in [5.41, 5.74) is 3.24. The number of benzene rings is 2. The highest BCUT2D eigenvalue weighted by Crippen LogP contribution is 2.31. The molecule has 10 nitrogen and oxygen atoms in total. The highest BCUT2D eigenvalue weighted by molar-refractivity contribution is 7.13. The molecule has 3 aromatic rings. The molecule has 2 aliphatic heterocycles. The number of nitrogens with one attached hydrogen (secondary N) is 2. The van der Waals surface area contributed by atoms with Gasteiger partial charge >= 0.3 is 6.09 Å². The fraction of sp³-hybridized carbons (Fsp3) is 0.344. The first kappa shape index (κ1) is 30.0. The van der Waals surface area contributed by atoms with Crippen LogP contribution in [0.25, 0.3) is 21.8 Å². The number of nitrogens with zero attached hydrogens (tertiary/aromatic N) is 3. The van der Waals surface area contributed by atoms with Crippen LogP contribution in [0.1, 0.15) is 40.5 Å². The van der Waals surface area contributed by atoms with E-state index in [2.05, 4.69) is 10.6 Å². The predicted molar refractivity (Wildman–Crippen MR) is 167 cm³/mol. The molecular formula is C32H35N5O5S. The molecule has 5 rings (SSSR count). The highest BCUT2D eigenvalue weighted by atomic mass is 32.1. The first-order valence-electron chi connectivity index (χ1n) is 14.2. The number of hydrogen-bond acceptors (Lipinski definition) is 7. The molecule has 2 N–H and O–H groups in total. The Labute approximate surface area is 254 Å². The van der Waals surface area contributed by atoms with Gasteiger partial charge in [-0.1, -0.05) is 24.3 Å². The number of anilines is 2. The molecule has 43 heavy (non-hydrogen) atoms. The van der Waals surface area contributed by atoms with Gasteiger partial charge in [0.1, 0.15) is 22.7 Å². The summed E-state index contributed by atoms with van der Waals surface area (Å²) in [5.74, 6) is -0.570. The van der Waals surface area contributed by atoms with Crippen molar-refractivity contribution in [2.75, 3.05) is 23.7 Å². The minimum atomic E-state index is -0.742. The molecule has 0 spiro atoms. The maximum atomic E-state index is 12.9. The summed E-state index contributed by atoms with van der Waals surface area (Å²) in [7, 11) is 0. The molecule has 2 aromatic carbocycles. The molecule has 2 atom stereocenters. The van der Waals surface area contributed by atoms with Gasteiger partial charge in [0, 0.05) is 47.9 Å². The monoisotopic (exact) mass is 601 g/mol. The van der Waals surface area contributed by atoms with Crippen LogP contribution >= 0.6 is 11.3 Å². The molecule has 0 bridgehead atoms. The number of carbonyl (C=O) groups is 4. The molecule has 224 valence electrons. The van der Waals surface area contributed by atoms with Gasteiger partial charge in [-0.05, 0) is 70.0 Å². The number of amides is 4. The number of likely N-dealkylation sites (tertiary alicyclic amines) is 1. The predicted octanol–water partition coefficient (Wildman–Crippen LogP) is 5.54. The first-order chi connectivity index (χ1) is 20.5. The van der Waals surface area contributed by atoms with Crippen molar-refractivity contribution in [1.82, 2.24) is 14.8 Å². The third-order valence-corrected chi connectivity index (χ3v) is 8.06. The number of thiazole rings is 1. The van der Waals surface area contributed by atoms with Crippen molar-refractivity contribution in [1.29, 1.82) is 0 Å². The van der Waals surface area contributed by atoms with Crippen molar-refractivity contribution in [3.8, 4) is 21.8 Å². The molecule has 4 amide bonds. The maximum Gasteiger partial charge on any atom is 0.411 e. The summed E-state index contributed by atoms with van der Waals surface area (Å²) < 4.78 is 5.43. The Morgan fingerprint density at radius 1 is 0.907 bits per heavy atom. The van der Waals surface area contributed by atoms with E-state index < -0.39 is 23.8 Å². The zero-order valence-corrected chi connectivity index (χ0v) is 25.4. The fourth-order valence-corrected chi connectivity index (χ4v) is 5.91. The lowest BCUT2D eigenvalue weighted by Crippen LogP contribution is -2.45. The van der Waals surface area contributed by atoms with E-state index in [-0.39, 0.29) is 17.7 Å². The highest BCUT2D eigenvalue weighted by Gasteiger charge is 2.34. The second kappa shape index (κ2) is 12.4. The van der Waals surface area contributed by atoms with Crippen LogP contribution < -0.4 is 10.6 Å². The Balaban J connectivity index is 1.18. The number of hydrogen-bond donors (Lipinski definition) is 2. The summed E-state index contributed by atoms with van der Waals surface area (Å²) >= 11 is 1.51. The summed E-state index contributed by atoms with van der Waals surface area (Å²) in [6.45, 7) is 7.79. The van der Waals surface area contributed by atoms with Crippen LogP contribution in [0.15, 0.2) is 66.1 Å². The summed E-state index contributed by atoms with van der Waals surface area (Å²) in [4.78, 5) is 57.8. The van der Waals surface area contributed by atoms with Gasteiger partial charge in [0.25, 0.3) is 5.91 Å². The maximum absolute atomic E-state index is 12.9. The molecule has 3 heterocycles. The Bertz CT molecular complexity index is 1540. The van der Waals surface area contributed by atoms with Crippen molar-refractivity contribution in [2.45, 2.75) is 58.2 Å². The van der Waals surface area contributed by atoms with Gasteiger partial charge < -0.3 is 20.3 Å². The van der Waals surface area contributed by atoms with Crippen molar-refractivity contribution in [3.63, 3.8) is 0 Å². The van der Waals surface area contributed by atoms with Crippen LogP contribution in [0.3, 0.4) is 0 Å². The van der Waals surface area contributed by atoms with Crippen LogP contribution in [-0.2, 0) is 19.1 Å². The van der Waals surface area contributed by atoms with Gasteiger partial charge in [-0.25, -0.2) is 9.78 Å². The van der Waals surface area contributed by atoms with E-state index in [9.17, 15) is 19.2 Å². The lowest BCUT2D eigenvalue weighted by Gasteiger charge is -2.28. The van der Waals surface area contributed by atoms with Crippen molar-refractivity contribution in [3.05, 3.63) is 66.1 Å². The van der Waals surface area contributed by atoms with Crippen molar-refractivity contribution >= 4 is 46.5 Å². The SMILES string of the molecule is CC(=O)N1CCC[C@H]1C(=O)Nc1ccc(-c2nc(-c3ccc(NC(=O)[C@@H]4C=CCN4C(=O)OC(C)(C)C)cc3)cs2)cc1. The molecule has 1 saturated heterocycles. The van der Waals surface area contributed by atoms with Gasteiger partial charge in [0.2, 0.25) is 11.8 Å². The fourth-order valence-electron chi connectivity index (χ4n) is 5.08. The van der Waals surface area contributed by atoms with Crippen molar-refractivity contribution in [2.24, 2.45) is 0 Å². The zero-order chi connectivity index (χ0) is 30.7. The lowest BCUT2D eigenvalue weighted by atomic mass is 10.1. The Hall–Kier alpha value is -4.51. The molecule has 11 heteroatoms. The van der Waals surface area contributed by atoms with Gasteiger partial charge in [-0.2, -0.15) is 0 Å². The van der Waals surface area contributed by atoms with E-state index in [0.717, 1.165) is 28.2 Å². The minimum absolute atomic E-state index is 0.0832. The Morgan fingerprint density at radius 3 is 2.16 bits per heavy atom. The Morgan fingerprint density at radius 2 is 1.53 bits per heavy atom. The molecular weight excluding hydrogens is 566 g/mol. The second-order valence-corrected chi connectivity index (χ2v) is 12.4. The average Bonchev–Trinajstić information content (AvgIpc) is 3.74. The average molecular weight is 602 g/mol. The van der Waals surface area contributed by atoms with E-state index in [4.69, 9.17) is 9.72 Å². The molecule has 0 radical (unpaired) electrons. The van der Waals surface area contributed by atoms with Crippen molar-refractivity contribution < 1.29 is 23.9 Å². The van der Waals surface area contributed by atoms with Gasteiger partial charge in [0.05, 0.1) is 5.69 Å². The van der Waals surface area contributed by atoms with Crippen LogP contribution in [0, 0.1) is 0 Å². The van der Waals surface area contributed by atoms with Crippen LogP contribution in [0.2, 0.25) is 0 Å². The first-order valence-corrected chi connectivity index (χ1v) is 15.1. The molecule has 0 saturated carbocycles. The van der Waals surface area contributed by atoms with E-state index in [1.54, 1.807) is 50.0 Å². The number of aromatic nitrogens is 1. The topological polar surface area (TPSA) is 121 Å². The molecule has 1 fully saturated rings. The van der Waals surface area contributed by atoms with Crippen LogP contribution in [-0.4, -0.2) is 69.4 Å². The van der Waals surface area contributed by atoms with Gasteiger partial charge in [-0.3, -0.25) is 19.3 Å². The third kappa shape index (κ3) is 7.11. The van der Waals surface area contributed by atoms with E-state index >= 15 is 0 Å². The smallest absolute Gasteiger partial charge is 0.411 e. The molecule has 0 unspecified atom stereocenters. The third-order valence-electron chi connectivity index (χ3n) is 7.16.